The van der Waals surface area contributed by atoms with Crippen LogP contribution in [0.15, 0.2) is 0 Å². The lowest BCUT2D eigenvalue weighted by Crippen LogP contribution is -2.44. The van der Waals surface area contributed by atoms with Crippen molar-refractivity contribution in [3.05, 3.63) is 0 Å². The maximum Gasteiger partial charge on any atom is 0.391 e. The first kappa shape index (κ1) is 14.1. The Balaban J connectivity index is 1.71. The van der Waals surface area contributed by atoms with Crippen LogP contribution < -0.4 is 5.32 Å². The predicted octanol–water partition coefficient (Wildman–Crippen LogP) is 3.27. The number of rotatable bonds is 3. The van der Waals surface area contributed by atoms with Crippen LogP contribution in [0.1, 0.15) is 45.4 Å². The molecule has 1 aliphatic carbocycles. The average molecular weight is 265 g/mol. The van der Waals surface area contributed by atoms with E-state index in [1.807, 2.05) is 0 Å². The first-order valence-corrected chi connectivity index (χ1v) is 6.83. The molecule has 18 heavy (non-hydrogen) atoms. The molecule has 0 radical (unpaired) electrons. The van der Waals surface area contributed by atoms with E-state index in [4.69, 9.17) is 4.74 Å². The minimum atomic E-state index is -4.01. The number of halogens is 3. The van der Waals surface area contributed by atoms with Gasteiger partial charge in [-0.2, -0.15) is 13.2 Å². The molecule has 0 bridgehead atoms. The van der Waals surface area contributed by atoms with Crippen LogP contribution in [0.2, 0.25) is 0 Å². The van der Waals surface area contributed by atoms with E-state index in [2.05, 4.69) is 12.2 Å². The molecule has 106 valence electrons. The van der Waals surface area contributed by atoms with Gasteiger partial charge in [-0.3, -0.25) is 0 Å². The van der Waals surface area contributed by atoms with Gasteiger partial charge in [-0.15, -0.1) is 0 Å². The summed E-state index contributed by atoms with van der Waals surface area (Å²) >= 11 is 0. The highest BCUT2D eigenvalue weighted by atomic mass is 19.4. The van der Waals surface area contributed by atoms with Crippen molar-refractivity contribution in [1.82, 2.24) is 5.32 Å². The number of hydrogen-bond acceptors (Lipinski definition) is 2. The van der Waals surface area contributed by atoms with Crippen LogP contribution in [0.3, 0.4) is 0 Å². The molecule has 1 aliphatic heterocycles. The molecular weight excluding hydrogens is 243 g/mol. The van der Waals surface area contributed by atoms with E-state index in [1.54, 1.807) is 0 Å². The van der Waals surface area contributed by atoms with Gasteiger partial charge in [0.15, 0.2) is 0 Å². The van der Waals surface area contributed by atoms with Crippen molar-refractivity contribution < 1.29 is 17.9 Å². The zero-order chi connectivity index (χ0) is 13.2. The fourth-order valence-corrected chi connectivity index (χ4v) is 2.96. The lowest BCUT2D eigenvalue weighted by Gasteiger charge is -2.33. The molecule has 0 spiro atoms. The summed E-state index contributed by atoms with van der Waals surface area (Å²) in [5.74, 6) is -1.09. The van der Waals surface area contributed by atoms with Gasteiger partial charge in [-0.1, -0.05) is 0 Å². The first-order valence-electron chi connectivity index (χ1n) is 6.83. The van der Waals surface area contributed by atoms with Crippen molar-refractivity contribution in [2.45, 2.75) is 63.3 Å². The number of ether oxygens (including phenoxy) is 1. The van der Waals surface area contributed by atoms with Crippen LogP contribution in [-0.2, 0) is 4.74 Å². The maximum atomic E-state index is 12.5. The first-order chi connectivity index (χ1) is 8.39. The van der Waals surface area contributed by atoms with Crippen molar-refractivity contribution in [2.24, 2.45) is 5.92 Å². The van der Waals surface area contributed by atoms with E-state index >= 15 is 0 Å². The van der Waals surface area contributed by atoms with E-state index in [9.17, 15) is 13.2 Å². The van der Waals surface area contributed by atoms with Crippen molar-refractivity contribution in [1.29, 1.82) is 0 Å². The van der Waals surface area contributed by atoms with Gasteiger partial charge in [0, 0.05) is 19.2 Å². The zero-order valence-electron chi connectivity index (χ0n) is 10.9. The second-order valence-corrected chi connectivity index (χ2v) is 5.87. The van der Waals surface area contributed by atoms with Crippen molar-refractivity contribution in [3.8, 4) is 0 Å². The van der Waals surface area contributed by atoms with Crippen molar-refractivity contribution >= 4 is 0 Å². The SMILES string of the molecule is CC1(CNC2CCC(C(F)(F)F)CC2)CCCO1. The van der Waals surface area contributed by atoms with Crippen molar-refractivity contribution in [3.63, 3.8) is 0 Å². The summed E-state index contributed by atoms with van der Waals surface area (Å²) in [6.45, 7) is 3.64. The zero-order valence-corrected chi connectivity index (χ0v) is 10.9. The molecule has 1 saturated heterocycles. The summed E-state index contributed by atoms with van der Waals surface area (Å²) < 4.78 is 43.2. The van der Waals surface area contributed by atoms with Crippen LogP contribution in [0.25, 0.3) is 0 Å². The van der Waals surface area contributed by atoms with Gasteiger partial charge in [0.2, 0.25) is 0 Å². The Kier molecular flexibility index (Phi) is 4.22. The second kappa shape index (κ2) is 5.37. The average Bonchev–Trinajstić information content (AvgIpc) is 2.74. The normalized spacial score (nSPS) is 38.0. The Bertz CT molecular complexity index is 266. The Labute approximate surface area is 106 Å². The molecule has 0 amide bonds. The van der Waals surface area contributed by atoms with E-state index < -0.39 is 12.1 Å². The minimum absolute atomic E-state index is 0.110. The van der Waals surface area contributed by atoms with Gasteiger partial charge in [-0.25, -0.2) is 0 Å². The molecule has 2 rings (SSSR count). The Hall–Kier alpha value is -0.290. The Morgan fingerprint density at radius 2 is 1.89 bits per heavy atom. The molecule has 0 aromatic heterocycles. The van der Waals surface area contributed by atoms with Crippen LogP contribution in [0, 0.1) is 5.92 Å². The van der Waals surface area contributed by atoms with Crippen LogP contribution in [0.5, 0.6) is 0 Å². The molecular formula is C13H22F3NO. The predicted molar refractivity (Wildman–Crippen MR) is 63.4 cm³/mol. The van der Waals surface area contributed by atoms with Gasteiger partial charge >= 0.3 is 6.18 Å². The summed E-state index contributed by atoms with van der Waals surface area (Å²) in [5.41, 5.74) is -0.110. The van der Waals surface area contributed by atoms with Crippen molar-refractivity contribution in [2.75, 3.05) is 13.2 Å². The van der Waals surface area contributed by atoms with Gasteiger partial charge in [0.25, 0.3) is 0 Å². The smallest absolute Gasteiger partial charge is 0.374 e. The topological polar surface area (TPSA) is 21.3 Å². The molecule has 1 N–H and O–H groups in total. The summed E-state index contributed by atoms with van der Waals surface area (Å²) in [6, 6.07) is 0.227. The molecule has 0 aromatic rings. The molecule has 1 unspecified atom stereocenters. The summed E-state index contributed by atoms with van der Waals surface area (Å²) in [5, 5.41) is 3.38. The number of alkyl halides is 3. The Morgan fingerprint density at radius 1 is 1.22 bits per heavy atom. The molecule has 2 aliphatic rings. The highest BCUT2D eigenvalue weighted by Crippen LogP contribution is 2.37. The third kappa shape index (κ3) is 3.60. The molecule has 1 heterocycles. The summed E-state index contributed by atoms with van der Waals surface area (Å²) in [7, 11) is 0. The van der Waals surface area contributed by atoms with Gasteiger partial charge < -0.3 is 10.1 Å². The second-order valence-electron chi connectivity index (χ2n) is 5.87. The highest BCUT2D eigenvalue weighted by molar-refractivity contribution is 4.86. The highest BCUT2D eigenvalue weighted by Gasteiger charge is 2.41. The van der Waals surface area contributed by atoms with Gasteiger partial charge in [0.1, 0.15) is 0 Å². The fourth-order valence-electron chi connectivity index (χ4n) is 2.96. The molecule has 1 atom stereocenters. The quantitative estimate of drug-likeness (QED) is 0.845. The molecule has 2 fully saturated rings. The monoisotopic (exact) mass is 265 g/mol. The van der Waals surface area contributed by atoms with E-state index in [-0.39, 0.29) is 24.5 Å². The molecule has 5 heteroatoms. The molecule has 2 nitrogen and oxygen atoms in total. The third-order valence-corrected chi connectivity index (χ3v) is 4.26. The lowest BCUT2D eigenvalue weighted by molar-refractivity contribution is -0.182. The molecule has 1 saturated carbocycles. The van der Waals surface area contributed by atoms with Gasteiger partial charge in [0.05, 0.1) is 11.5 Å². The largest absolute Gasteiger partial charge is 0.391 e. The third-order valence-electron chi connectivity index (χ3n) is 4.26. The van der Waals surface area contributed by atoms with E-state index in [1.165, 1.54) is 0 Å². The molecule has 0 aromatic carbocycles. The number of nitrogens with one attached hydrogen (secondary N) is 1. The summed E-state index contributed by atoms with van der Waals surface area (Å²) in [4.78, 5) is 0. The van der Waals surface area contributed by atoms with E-state index in [0.717, 1.165) is 26.0 Å². The van der Waals surface area contributed by atoms with Crippen LogP contribution >= 0.6 is 0 Å². The minimum Gasteiger partial charge on any atom is -0.374 e. The maximum absolute atomic E-state index is 12.5. The standard InChI is InChI=1S/C13H22F3NO/c1-12(7-2-8-18-12)9-17-11-5-3-10(4-6-11)13(14,15)16/h10-11,17H,2-9H2,1H3. The van der Waals surface area contributed by atoms with Crippen LogP contribution in [0.4, 0.5) is 13.2 Å². The fraction of sp³-hybridized carbons (Fsp3) is 1.00. The lowest BCUT2D eigenvalue weighted by atomic mass is 9.85. The van der Waals surface area contributed by atoms with Gasteiger partial charge in [-0.05, 0) is 45.4 Å². The summed E-state index contributed by atoms with van der Waals surface area (Å²) in [6.07, 6.45) is -0.111. The number of hydrogen-bond donors (Lipinski definition) is 1. The van der Waals surface area contributed by atoms with Crippen LogP contribution in [-0.4, -0.2) is 31.0 Å². The Morgan fingerprint density at radius 3 is 2.39 bits per heavy atom. The van der Waals surface area contributed by atoms with E-state index in [0.29, 0.717) is 12.8 Å².